The van der Waals surface area contributed by atoms with Gasteiger partial charge in [-0.2, -0.15) is 0 Å². The molecule has 33 heavy (non-hydrogen) atoms. The van der Waals surface area contributed by atoms with Crippen LogP contribution in [0.25, 0.3) is 21.5 Å². The van der Waals surface area contributed by atoms with Crippen molar-refractivity contribution < 1.29 is 29.2 Å². The molecule has 0 amide bonds. The Bertz CT molecular complexity index is 1080. The fourth-order valence-electron chi connectivity index (χ4n) is 3.41. The van der Waals surface area contributed by atoms with Crippen LogP contribution in [0.2, 0.25) is 0 Å². The number of rotatable bonds is 14. The molecule has 3 aromatic carbocycles. The van der Waals surface area contributed by atoms with E-state index in [0.717, 1.165) is 26.0 Å². The van der Waals surface area contributed by atoms with E-state index in [4.69, 9.17) is 18.9 Å². The molecule has 0 aromatic heterocycles. The molecule has 0 aliphatic heterocycles. The summed E-state index contributed by atoms with van der Waals surface area (Å²) in [5.74, 6) is 1.30. The predicted molar refractivity (Wildman–Crippen MR) is 134 cm³/mol. The van der Waals surface area contributed by atoms with E-state index in [1.54, 1.807) is 12.2 Å². The number of hydrogen-bond acceptors (Lipinski definition) is 6. The van der Waals surface area contributed by atoms with Crippen molar-refractivity contribution in [1.29, 1.82) is 0 Å². The van der Waals surface area contributed by atoms with E-state index in [1.165, 1.54) is 0 Å². The van der Waals surface area contributed by atoms with Crippen LogP contribution in [0.15, 0.2) is 72.2 Å². The number of ether oxygens (including phenoxy) is 4. The molecular formula is C26H29BrO6. The molecule has 0 radical (unpaired) electrons. The first-order valence-corrected chi connectivity index (χ1v) is 11.5. The minimum Gasteiger partial charge on any atom is -0.489 e. The van der Waals surface area contributed by atoms with Gasteiger partial charge in [0, 0.05) is 26.0 Å². The lowest BCUT2D eigenvalue weighted by Crippen LogP contribution is -2.24. The third-order valence-corrected chi connectivity index (χ3v) is 5.31. The number of fused-ring (bicyclic) bond motifs is 2. The van der Waals surface area contributed by atoms with Crippen molar-refractivity contribution in [2.45, 2.75) is 12.2 Å². The molecule has 0 spiro atoms. The molecule has 176 valence electrons. The fourth-order valence-corrected chi connectivity index (χ4v) is 3.77. The van der Waals surface area contributed by atoms with Gasteiger partial charge in [-0.3, -0.25) is 0 Å². The zero-order chi connectivity index (χ0) is 23.6. The van der Waals surface area contributed by atoms with E-state index in [1.807, 2.05) is 42.5 Å². The van der Waals surface area contributed by atoms with Crippen molar-refractivity contribution >= 4 is 37.5 Å². The van der Waals surface area contributed by atoms with Gasteiger partial charge in [0.05, 0.1) is 26.4 Å². The topological polar surface area (TPSA) is 77.4 Å². The van der Waals surface area contributed by atoms with Crippen LogP contribution in [-0.2, 0) is 9.47 Å². The molecule has 0 aliphatic rings. The zero-order valence-electron chi connectivity index (χ0n) is 18.4. The van der Waals surface area contributed by atoms with Crippen molar-refractivity contribution in [3.8, 4) is 11.5 Å². The molecule has 3 rings (SSSR count). The summed E-state index contributed by atoms with van der Waals surface area (Å²) in [5.41, 5.74) is 0. The quantitative estimate of drug-likeness (QED) is 0.184. The van der Waals surface area contributed by atoms with Crippen LogP contribution in [-0.4, -0.2) is 62.1 Å². The minimum absolute atomic E-state index is 0.0717. The average molecular weight is 517 g/mol. The maximum absolute atomic E-state index is 10.3. The van der Waals surface area contributed by atoms with Crippen LogP contribution in [0.4, 0.5) is 0 Å². The molecule has 0 saturated heterocycles. The molecule has 7 heteroatoms. The highest BCUT2D eigenvalue weighted by atomic mass is 79.9. The predicted octanol–water partition coefficient (Wildman–Crippen LogP) is 4.64. The molecule has 6 nitrogen and oxygen atoms in total. The molecular weight excluding hydrogens is 488 g/mol. The molecule has 2 atom stereocenters. The molecule has 3 aromatic rings. The van der Waals surface area contributed by atoms with Crippen LogP contribution in [0.1, 0.15) is 0 Å². The number of halogens is 1. The summed E-state index contributed by atoms with van der Waals surface area (Å²) in [6.07, 6.45) is 1.70. The molecule has 0 aliphatic carbocycles. The fraction of sp³-hybridized carbons (Fsp3) is 0.308. The lowest BCUT2D eigenvalue weighted by Gasteiger charge is -2.20. The van der Waals surface area contributed by atoms with Gasteiger partial charge in [-0.1, -0.05) is 52.3 Å². The monoisotopic (exact) mass is 516 g/mol. The van der Waals surface area contributed by atoms with Crippen molar-refractivity contribution in [1.82, 2.24) is 0 Å². The van der Waals surface area contributed by atoms with E-state index in [2.05, 4.69) is 29.1 Å². The molecule has 0 heterocycles. The summed E-state index contributed by atoms with van der Waals surface area (Å²) >= 11 is 3.54. The Morgan fingerprint density at radius 2 is 1.21 bits per heavy atom. The second-order valence-electron chi connectivity index (χ2n) is 7.48. The zero-order valence-corrected chi connectivity index (χ0v) is 20.0. The van der Waals surface area contributed by atoms with Gasteiger partial charge in [-0.25, -0.2) is 0 Å². The van der Waals surface area contributed by atoms with Gasteiger partial charge >= 0.3 is 0 Å². The number of hydrogen-bond donors (Lipinski definition) is 2. The van der Waals surface area contributed by atoms with Gasteiger partial charge in [0.1, 0.15) is 36.9 Å². The smallest absolute Gasteiger partial charge is 0.135 e. The number of benzene rings is 3. The largest absolute Gasteiger partial charge is 0.489 e. The van der Waals surface area contributed by atoms with Gasteiger partial charge in [-0.05, 0) is 18.2 Å². The van der Waals surface area contributed by atoms with E-state index in [0.29, 0.717) is 24.7 Å². The number of aliphatic hydroxyl groups is 2. The lowest BCUT2D eigenvalue weighted by atomic mass is 10.0. The minimum atomic E-state index is -0.785. The first-order chi connectivity index (χ1) is 16.0. The Labute approximate surface area is 202 Å². The van der Waals surface area contributed by atoms with Gasteiger partial charge in [0.2, 0.25) is 0 Å². The highest BCUT2D eigenvalue weighted by Crippen LogP contribution is 2.43. The molecule has 0 fully saturated rings. The maximum atomic E-state index is 10.3. The molecule has 2 N–H and O–H groups in total. The van der Waals surface area contributed by atoms with Crippen LogP contribution >= 0.6 is 15.9 Å². The van der Waals surface area contributed by atoms with E-state index >= 15 is 0 Å². The average Bonchev–Trinajstić information content (AvgIpc) is 2.81. The Kier molecular flexibility index (Phi) is 9.72. The standard InChI is InChI=1S/C26H29BrO6/c1-3-11-30-14-19(28)16-32-25-21-7-5-6-8-22(21)26(24-13-18(27)9-10-23(24)25)33-17-20(29)15-31-12-4-2/h3-10,13,19-20,28-29H,1-2,11-12,14-17H2. The van der Waals surface area contributed by atoms with Gasteiger partial charge in [0.25, 0.3) is 0 Å². The van der Waals surface area contributed by atoms with Crippen molar-refractivity contribution in [3.05, 3.63) is 72.2 Å². The molecule has 2 unspecified atom stereocenters. The summed E-state index contributed by atoms with van der Waals surface area (Å²) in [4.78, 5) is 0. The normalized spacial score (nSPS) is 13.1. The van der Waals surface area contributed by atoms with Crippen molar-refractivity contribution in [3.63, 3.8) is 0 Å². The van der Waals surface area contributed by atoms with Crippen LogP contribution in [0.5, 0.6) is 11.5 Å². The Morgan fingerprint density at radius 1 is 0.727 bits per heavy atom. The van der Waals surface area contributed by atoms with E-state index in [-0.39, 0.29) is 26.4 Å². The molecule has 0 saturated carbocycles. The van der Waals surface area contributed by atoms with Gasteiger partial charge < -0.3 is 29.2 Å². The van der Waals surface area contributed by atoms with Crippen LogP contribution in [0.3, 0.4) is 0 Å². The summed E-state index contributed by atoms with van der Waals surface area (Å²) in [5, 5.41) is 23.9. The van der Waals surface area contributed by atoms with Crippen LogP contribution < -0.4 is 9.47 Å². The van der Waals surface area contributed by atoms with Gasteiger partial charge in [-0.15, -0.1) is 13.2 Å². The SMILES string of the molecule is C=CCOCC(O)COc1c2ccccc2c(OCC(O)COCC=C)c2cc(Br)ccc12. The van der Waals surface area contributed by atoms with E-state index in [9.17, 15) is 10.2 Å². The highest BCUT2D eigenvalue weighted by molar-refractivity contribution is 9.10. The summed E-state index contributed by atoms with van der Waals surface area (Å²) in [6, 6.07) is 13.6. The van der Waals surface area contributed by atoms with Gasteiger partial charge in [0.15, 0.2) is 0 Å². The third-order valence-electron chi connectivity index (χ3n) is 4.82. The Hall–Kier alpha value is -2.42. The second-order valence-corrected chi connectivity index (χ2v) is 8.39. The first-order valence-electron chi connectivity index (χ1n) is 10.7. The first kappa shape index (κ1) is 25.2. The lowest BCUT2D eigenvalue weighted by molar-refractivity contribution is 0.0216. The van der Waals surface area contributed by atoms with E-state index < -0.39 is 12.2 Å². The van der Waals surface area contributed by atoms with Crippen molar-refractivity contribution in [2.75, 3.05) is 39.6 Å². The summed E-state index contributed by atoms with van der Waals surface area (Å²) in [6.45, 7) is 8.39. The maximum Gasteiger partial charge on any atom is 0.135 e. The molecule has 0 bridgehead atoms. The Morgan fingerprint density at radius 3 is 1.73 bits per heavy atom. The second kappa shape index (κ2) is 12.7. The number of aliphatic hydroxyl groups excluding tert-OH is 2. The third kappa shape index (κ3) is 6.79. The Balaban J connectivity index is 1.93. The summed E-state index contributed by atoms with van der Waals surface area (Å²) in [7, 11) is 0. The van der Waals surface area contributed by atoms with Crippen LogP contribution in [0, 0.1) is 0 Å². The van der Waals surface area contributed by atoms with Crippen molar-refractivity contribution in [2.24, 2.45) is 0 Å². The summed E-state index contributed by atoms with van der Waals surface area (Å²) < 4.78 is 23.7. The highest BCUT2D eigenvalue weighted by Gasteiger charge is 2.18.